The fraction of sp³-hybridized carbons (Fsp3) is 0.0625. The largest absolute Gasteiger partial charge is 0.497 e. The maximum Gasteiger partial charge on any atom is 0.141 e. The van der Waals surface area contributed by atoms with Gasteiger partial charge in [0.25, 0.3) is 0 Å². The summed E-state index contributed by atoms with van der Waals surface area (Å²) in [6, 6.07) is 12.7. The first-order chi connectivity index (χ1) is 10.7. The summed E-state index contributed by atoms with van der Waals surface area (Å²) in [5.74, 6) is 1.34. The summed E-state index contributed by atoms with van der Waals surface area (Å²) in [4.78, 5) is 8.48. The highest BCUT2D eigenvalue weighted by atomic mass is 35.5. The van der Waals surface area contributed by atoms with Crippen LogP contribution in [0.1, 0.15) is 5.56 Å². The molecule has 0 spiro atoms. The molecule has 108 valence electrons. The topological polar surface area (TPSA) is 70.8 Å². The minimum absolute atomic E-state index is 0.478. The first kappa shape index (κ1) is 14.1. The molecule has 2 aromatic carbocycles. The van der Waals surface area contributed by atoms with E-state index in [0.717, 1.165) is 10.9 Å². The first-order valence-electron chi connectivity index (χ1n) is 6.46. The number of hydrogen-bond donors (Lipinski definition) is 1. The number of hydrogen-bond acceptors (Lipinski definition) is 5. The second-order valence-corrected chi connectivity index (χ2v) is 5.01. The van der Waals surface area contributed by atoms with Crippen molar-refractivity contribution >= 4 is 34.0 Å². The quantitative estimate of drug-likeness (QED) is 0.794. The van der Waals surface area contributed by atoms with Crippen molar-refractivity contribution in [2.75, 3.05) is 12.4 Å². The third kappa shape index (κ3) is 2.78. The molecule has 0 aliphatic carbocycles. The Bertz CT molecular complexity index is 889. The molecule has 1 aromatic heterocycles. The molecule has 0 saturated carbocycles. The minimum Gasteiger partial charge on any atom is -0.497 e. The Morgan fingerprint density at radius 3 is 2.82 bits per heavy atom. The normalized spacial score (nSPS) is 10.2. The molecular formula is C16H11ClN4O. The zero-order valence-corrected chi connectivity index (χ0v) is 12.4. The molecule has 0 atom stereocenters. The molecule has 0 bridgehead atoms. The summed E-state index contributed by atoms with van der Waals surface area (Å²) < 4.78 is 5.24. The lowest BCUT2D eigenvalue weighted by molar-refractivity contribution is 0.415. The van der Waals surface area contributed by atoms with E-state index in [1.807, 2.05) is 18.2 Å². The molecule has 1 heterocycles. The molecule has 1 N–H and O–H groups in total. The van der Waals surface area contributed by atoms with Gasteiger partial charge in [-0.3, -0.25) is 0 Å². The molecule has 22 heavy (non-hydrogen) atoms. The van der Waals surface area contributed by atoms with Gasteiger partial charge in [-0.05, 0) is 36.4 Å². The lowest BCUT2D eigenvalue weighted by atomic mass is 10.2. The molecule has 0 amide bonds. The number of aromatic nitrogens is 2. The van der Waals surface area contributed by atoms with Gasteiger partial charge in [0.2, 0.25) is 0 Å². The van der Waals surface area contributed by atoms with Crippen molar-refractivity contribution in [2.45, 2.75) is 0 Å². The van der Waals surface area contributed by atoms with E-state index in [1.54, 1.807) is 25.3 Å². The number of nitrogens with zero attached hydrogens (tertiary/aromatic N) is 3. The Morgan fingerprint density at radius 1 is 1.18 bits per heavy atom. The van der Waals surface area contributed by atoms with Crippen molar-refractivity contribution in [3.63, 3.8) is 0 Å². The number of methoxy groups -OCH3 is 1. The molecule has 0 aliphatic rings. The zero-order valence-electron chi connectivity index (χ0n) is 11.7. The molecular weight excluding hydrogens is 300 g/mol. The number of nitrogens with one attached hydrogen (secondary N) is 1. The van der Waals surface area contributed by atoms with Crippen molar-refractivity contribution in [3.05, 3.63) is 53.3 Å². The third-order valence-corrected chi connectivity index (χ3v) is 3.35. The van der Waals surface area contributed by atoms with E-state index in [2.05, 4.69) is 21.4 Å². The lowest BCUT2D eigenvalue weighted by Crippen LogP contribution is -1.97. The van der Waals surface area contributed by atoms with Crippen LogP contribution in [0.4, 0.5) is 11.5 Å². The predicted molar refractivity (Wildman–Crippen MR) is 85.5 cm³/mol. The van der Waals surface area contributed by atoms with Crippen LogP contribution in [0.2, 0.25) is 5.02 Å². The highest BCUT2D eigenvalue weighted by Gasteiger charge is 2.07. The molecule has 5 nitrogen and oxygen atoms in total. The van der Waals surface area contributed by atoms with Gasteiger partial charge in [-0.25, -0.2) is 9.97 Å². The smallest absolute Gasteiger partial charge is 0.141 e. The van der Waals surface area contributed by atoms with Crippen LogP contribution in [0.15, 0.2) is 42.7 Å². The van der Waals surface area contributed by atoms with E-state index in [1.165, 1.54) is 6.33 Å². The summed E-state index contributed by atoms with van der Waals surface area (Å²) in [6.45, 7) is 0. The van der Waals surface area contributed by atoms with E-state index >= 15 is 0 Å². The molecule has 0 radical (unpaired) electrons. The van der Waals surface area contributed by atoms with Crippen LogP contribution in [0, 0.1) is 11.3 Å². The van der Waals surface area contributed by atoms with E-state index in [9.17, 15) is 0 Å². The van der Waals surface area contributed by atoms with E-state index in [0.29, 0.717) is 27.8 Å². The zero-order chi connectivity index (χ0) is 15.5. The Kier molecular flexibility index (Phi) is 3.77. The molecule has 6 heteroatoms. The van der Waals surface area contributed by atoms with Gasteiger partial charge in [0.15, 0.2) is 0 Å². The van der Waals surface area contributed by atoms with Gasteiger partial charge in [-0.1, -0.05) is 11.6 Å². The van der Waals surface area contributed by atoms with Crippen LogP contribution >= 0.6 is 11.6 Å². The summed E-state index contributed by atoms with van der Waals surface area (Å²) in [6.07, 6.45) is 1.48. The standard InChI is InChI=1S/C16H11ClN4O/c1-22-13-2-3-15-14(7-13)16(20-9-19-15)21-12-5-10(8-18)4-11(17)6-12/h2-7,9H,1H3,(H,19,20,21). The summed E-state index contributed by atoms with van der Waals surface area (Å²) >= 11 is 6.02. The number of halogens is 1. The van der Waals surface area contributed by atoms with Gasteiger partial charge >= 0.3 is 0 Å². The number of ether oxygens (including phenoxy) is 1. The summed E-state index contributed by atoms with van der Waals surface area (Å²) in [5, 5.41) is 13.5. The van der Waals surface area contributed by atoms with Gasteiger partial charge in [-0.15, -0.1) is 0 Å². The maximum absolute atomic E-state index is 9.01. The van der Waals surface area contributed by atoms with Gasteiger partial charge < -0.3 is 10.1 Å². The van der Waals surface area contributed by atoms with Gasteiger partial charge in [0.1, 0.15) is 17.9 Å². The number of fused-ring (bicyclic) bond motifs is 1. The van der Waals surface area contributed by atoms with Gasteiger partial charge in [-0.2, -0.15) is 5.26 Å². The second kappa shape index (κ2) is 5.88. The third-order valence-electron chi connectivity index (χ3n) is 3.13. The SMILES string of the molecule is COc1ccc2ncnc(Nc3cc(Cl)cc(C#N)c3)c2c1. The van der Waals surface area contributed by atoms with Gasteiger partial charge in [0, 0.05) is 16.1 Å². The number of rotatable bonds is 3. The number of anilines is 2. The number of benzene rings is 2. The second-order valence-electron chi connectivity index (χ2n) is 4.57. The first-order valence-corrected chi connectivity index (χ1v) is 6.84. The highest BCUT2D eigenvalue weighted by Crippen LogP contribution is 2.28. The molecule has 0 saturated heterocycles. The van der Waals surface area contributed by atoms with Crippen molar-refractivity contribution in [3.8, 4) is 11.8 Å². The summed E-state index contributed by atoms with van der Waals surface area (Å²) in [5.41, 5.74) is 1.96. The van der Waals surface area contributed by atoms with Crippen LogP contribution in [0.25, 0.3) is 10.9 Å². The van der Waals surface area contributed by atoms with Crippen LogP contribution < -0.4 is 10.1 Å². The molecule has 0 unspecified atom stereocenters. The monoisotopic (exact) mass is 310 g/mol. The molecule has 0 fully saturated rings. The van der Waals surface area contributed by atoms with Crippen LogP contribution in [0.3, 0.4) is 0 Å². The van der Waals surface area contributed by atoms with Crippen molar-refractivity contribution in [2.24, 2.45) is 0 Å². The average Bonchev–Trinajstić information content (AvgIpc) is 2.54. The lowest BCUT2D eigenvalue weighted by Gasteiger charge is -2.10. The van der Waals surface area contributed by atoms with Crippen LogP contribution in [-0.2, 0) is 0 Å². The Labute approximate surface area is 132 Å². The van der Waals surface area contributed by atoms with Crippen LogP contribution in [0.5, 0.6) is 5.75 Å². The maximum atomic E-state index is 9.01. The van der Waals surface area contributed by atoms with E-state index in [-0.39, 0.29) is 0 Å². The van der Waals surface area contributed by atoms with Crippen LogP contribution in [-0.4, -0.2) is 17.1 Å². The average molecular weight is 311 g/mol. The fourth-order valence-corrected chi connectivity index (χ4v) is 2.36. The summed E-state index contributed by atoms with van der Waals surface area (Å²) in [7, 11) is 1.61. The predicted octanol–water partition coefficient (Wildman–Crippen LogP) is 3.91. The molecule has 0 aliphatic heterocycles. The minimum atomic E-state index is 0.478. The van der Waals surface area contributed by atoms with Crippen molar-refractivity contribution < 1.29 is 4.74 Å². The van der Waals surface area contributed by atoms with Gasteiger partial charge in [0.05, 0.1) is 24.3 Å². The number of nitriles is 1. The van der Waals surface area contributed by atoms with Crippen molar-refractivity contribution in [1.29, 1.82) is 5.26 Å². The Hall–Kier alpha value is -2.84. The van der Waals surface area contributed by atoms with E-state index in [4.69, 9.17) is 21.6 Å². The van der Waals surface area contributed by atoms with E-state index < -0.39 is 0 Å². The molecule has 3 aromatic rings. The Balaban J connectivity index is 2.07. The highest BCUT2D eigenvalue weighted by molar-refractivity contribution is 6.31. The molecule has 3 rings (SSSR count). The Morgan fingerprint density at radius 2 is 2.05 bits per heavy atom. The van der Waals surface area contributed by atoms with Crippen molar-refractivity contribution in [1.82, 2.24) is 9.97 Å². The fourth-order valence-electron chi connectivity index (χ4n) is 2.13.